The molecule has 3 heteroatoms. The third-order valence-electron chi connectivity index (χ3n) is 1.89. The Balaban J connectivity index is 0.000000396. The normalized spacial score (nSPS) is 12.5. The van der Waals surface area contributed by atoms with Crippen molar-refractivity contribution in [3.05, 3.63) is 23.5 Å². The van der Waals surface area contributed by atoms with E-state index >= 15 is 0 Å². The van der Waals surface area contributed by atoms with Gasteiger partial charge >= 0.3 is 0 Å². The van der Waals surface area contributed by atoms with Crippen LogP contribution in [-0.2, 0) is 6.42 Å². The number of nitrogen functional groups attached to an aromatic ring is 1. The van der Waals surface area contributed by atoms with Gasteiger partial charge in [-0.3, -0.25) is 0 Å². The predicted octanol–water partition coefficient (Wildman–Crippen LogP) is 2.40. The maximum Gasteiger partial charge on any atom is 0.148 e. The SMILES string of the molecule is CC.Nc1cc(F)c2c(c1)CCN2. The number of nitrogens with one attached hydrogen (secondary N) is 1. The summed E-state index contributed by atoms with van der Waals surface area (Å²) in [5.41, 5.74) is 7.58. The Labute approximate surface area is 77.9 Å². The van der Waals surface area contributed by atoms with Crippen LogP contribution in [-0.4, -0.2) is 6.54 Å². The molecule has 0 spiro atoms. The van der Waals surface area contributed by atoms with Gasteiger partial charge in [0.1, 0.15) is 5.82 Å². The Morgan fingerprint density at radius 1 is 1.38 bits per heavy atom. The molecule has 13 heavy (non-hydrogen) atoms. The summed E-state index contributed by atoms with van der Waals surface area (Å²) in [7, 11) is 0. The summed E-state index contributed by atoms with van der Waals surface area (Å²) in [6.45, 7) is 4.82. The second-order valence-corrected chi connectivity index (χ2v) is 2.71. The number of benzene rings is 1. The van der Waals surface area contributed by atoms with Crippen LogP contribution in [0.1, 0.15) is 19.4 Å². The maximum atomic E-state index is 13.0. The predicted molar refractivity (Wildman–Crippen MR) is 54.4 cm³/mol. The zero-order chi connectivity index (χ0) is 9.84. The molecule has 72 valence electrons. The van der Waals surface area contributed by atoms with E-state index in [-0.39, 0.29) is 5.82 Å². The third kappa shape index (κ3) is 1.91. The molecule has 3 N–H and O–H groups in total. The van der Waals surface area contributed by atoms with Crippen LogP contribution in [0.3, 0.4) is 0 Å². The second kappa shape index (κ2) is 4.12. The van der Waals surface area contributed by atoms with Crippen molar-refractivity contribution < 1.29 is 4.39 Å². The number of hydrogen-bond donors (Lipinski definition) is 2. The quantitative estimate of drug-likeness (QED) is 0.605. The highest BCUT2D eigenvalue weighted by molar-refractivity contribution is 5.62. The highest BCUT2D eigenvalue weighted by Gasteiger charge is 2.14. The monoisotopic (exact) mass is 182 g/mol. The Kier molecular flexibility index (Phi) is 3.12. The van der Waals surface area contributed by atoms with Crippen molar-refractivity contribution in [1.29, 1.82) is 0 Å². The summed E-state index contributed by atoms with van der Waals surface area (Å²) in [6.07, 6.45) is 0.872. The van der Waals surface area contributed by atoms with Crippen molar-refractivity contribution in [2.45, 2.75) is 20.3 Å². The zero-order valence-electron chi connectivity index (χ0n) is 8.02. The highest BCUT2D eigenvalue weighted by atomic mass is 19.1. The average Bonchev–Trinajstić information content (AvgIpc) is 2.55. The standard InChI is InChI=1S/C8H9FN2.C2H6/c9-7-4-6(10)3-5-1-2-11-8(5)7;1-2/h3-4,11H,1-2,10H2;1-2H3. The molecule has 0 radical (unpaired) electrons. The van der Waals surface area contributed by atoms with E-state index < -0.39 is 0 Å². The molecule has 0 saturated heterocycles. The number of hydrogen-bond acceptors (Lipinski definition) is 2. The summed E-state index contributed by atoms with van der Waals surface area (Å²) in [5.74, 6) is -0.238. The zero-order valence-corrected chi connectivity index (χ0v) is 8.02. The minimum atomic E-state index is -0.238. The maximum absolute atomic E-state index is 13.0. The number of rotatable bonds is 0. The van der Waals surface area contributed by atoms with Crippen LogP contribution < -0.4 is 11.1 Å². The topological polar surface area (TPSA) is 38.0 Å². The molecule has 0 unspecified atom stereocenters. The van der Waals surface area contributed by atoms with E-state index in [9.17, 15) is 4.39 Å². The molecule has 0 saturated carbocycles. The van der Waals surface area contributed by atoms with Gasteiger partial charge in [0, 0.05) is 12.2 Å². The molecular formula is C10H15FN2. The summed E-state index contributed by atoms with van der Waals surface area (Å²) in [5, 5.41) is 2.97. The number of anilines is 2. The van der Waals surface area contributed by atoms with Crippen molar-refractivity contribution in [3.8, 4) is 0 Å². The largest absolute Gasteiger partial charge is 0.399 e. The van der Waals surface area contributed by atoms with E-state index in [1.54, 1.807) is 0 Å². The molecule has 1 heterocycles. The molecular weight excluding hydrogens is 167 g/mol. The lowest BCUT2D eigenvalue weighted by Crippen LogP contribution is -1.94. The van der Waals surface area contributed by atoms with Crippen molar-refractivity contribution in [1.82, 2.24) is 0 Å². The summed E-state index contributed by atoms with van der Waals surface area (Å²) in [6, 6.07) is 3.16. The third-order valence-corrected chi connectivity index (χ3v) is 1.89. The van der Waals surface area contributed by atoms with Gasteiger partial charge in [0.05, 0.1) is 5.69 Å². The van der Waals surface area contributed by atoms with Crippen LogP contribution >= 0.6 is 0 Å². The smallest absolute Gasteiger partial charge is 0.148 e. The molecule has 1 aromatic rings. The number of halogens is 1. The van der Waals surface area contributed by atoms with Crippen molar-refractivity contribution in [3.63, 3.8) is 0 Å². The first-order chi connectivity index (χ1) is 6.27. The fourth-order valence-corrected chi connectivity index (χ4v) is 1.40. The first-order valence-corrected chi connectivity index (χ1v) is 4.59. The molecule has 2 nitrogen and oxygen atoms in total. The highest BCUT2D eigenvalue weighted by Crippen LogP contribution is 2.27. The molecule has 0 bridgehead atoms. The first kappa shape index (κ1) is 9.84. The van der Waals surface area contributed by atoms with Crippen LogP contribution in [0, 0.1) is 5.82 Å². The van der Waals surface area contributed by atoms with Crippen LogP contribution in [0.25, 0.3) is 0 Å². The molecule has 0 aromatic heterocycles. The van der Waals surface area contributed by atoms with Crippen LogP contribution in [0.4, 0.5) is 15.8 Å². The number of nitrogens with two attached hydrogens (primary N) is 1. The van der Waals surface area contributed by atoms with Gasteiger partial charge < -0.3 is 11.1 Å². The van der Waals surface area contributed by atoms with E-state index in [0.717, 1.165) is 18.5 Å². The van der Waals surface area contributed by atoms with Gasteiger partial charge in [-0.1, -0.05) is 13.8 Å². The first-order valence-electron chi connectivity index (χ1n) is 4.59. The lowest BCUT2D eigenvalue weighted by Gasteiger charge is -2.01. The lowest BCUT2D eigenvalue weighted by molar-refractivity contribution is 0.632. The van der Waals surface area contributed by atoms with Gasteiger partial charge in [-0.05, 0) is 24.1 Å². The van der Waals surface area contributed by atoms with Gasteiger partial charge in [0.15, 0.2) is 0 Å². The fourth-order valence-electron chi connectivity index (χ4n) is 1.40. The van der Waals surface area contributed by atoms with Crippen LogP contribution in [0.5, 0.6) is 0 Å². The molecule has 2 rings (SSSR count). The van der Waals surface area contributed by atoms with E-state index in [0.29, 0.717) is 11.4 Å². The van der Waals surface area contributed by atoms with Gasteiger partial charge in [0.2, 0.25) is 0 Å². The van der Waals surface area contributed by atoms with Gasteiger partial charge in [-0.2, -0.15) is 0 Å². The molecule has 1 aliphatic rings. The van der Waals surface area contributed by atoms with E-state index in [4.69, 9.17) is 5.73 Å². The van der Waals surface area contributed by atoms with Crippen molar-refractivity contribution >= 4 is 11.4 Å². The molecule has 0 aliphatic carbocycles. The minimum absolute atomic E-state index is 0.238. The lowest BCUT2D eigenvalue weighted by atomic mass is 10.1. The molecule has 0 atom stereocenters. The van der Waals surface area contributed by atoms with Crippen LogP contribution in [0.2, 0.25) is 0 Å². The Bertz CT molecular complexity index is 297. The van der Waals surface area contributed by atoms with Gasteiger partial charge in [0.25, 0.3) is 0 Å². The van der Waals surface area contributed by atoms with Crippen molar-refractivity contribution in [2.24, 2.45) is 0 Å². The van der Waals surface area contributed by atoms with Crippen molar-refractivity contribution in [2.75, 3.05) is 17.6 Å². The van der Waals surface area contributed by atoms with E-state index in [1.165, 1.54) is 6.07 Å². The molecule has 0 amide bonds. The summed E-state index contributed by atoms with van der Waals surface area (Å²) >= 11 is 0. The Morgan fingerprint density at radius 3 is 2.77 bits per heavy atom. The molecule has 1 aromatic carbocycles. The average molecular weight is 182 g/mol. The second-order valence-electron chi connectivity index (χ2n) is 2.71. The fraction of sp³-hybridized carbons (Fsp3) is 0.400. The van der Waals surface area contributed by atoms with E-state index in [1.807, 2.05) is 19.9 Å². The number of fused-ring (bicyclic) bond motifs is 1. The van der Waals surface area contributed by atoms with Gasteiger partial charge in [-0.15, -0.1) is 0 Å². The van der Waals surface area contributed by atoms with E-state index in [2.05, 4.69) is 5.32 Å². The molecule has 0 fully saturated rings. The minimum Gasteiger partial charge on any atom is -0.399 e. The van der Waals surface area contributed by atoms with Crippen LogP contribution in [0.15, 0.2) is 12.1 Å². The van der Waals surface area contributed by atoms with Gasteiger partial charge in [-0.25, -0.2) is 4.39 Å². The Hall–Kier alpha value is -1.25. The molecule has 1 aliphatic heterocycles. The Morgan fingerprint density at radius 2 is 2.08 bits per heavy atom. The summed E-state index contributed by atoms with van der Waals surface area (Å²) in [4.78, 5) is 0. The summed E-state index contributed by atoms with van der Waals surface area (Å²) < 4.78 is 13.0.